The summed E-state index contributed by atoms with van der Waals surface area (Å²) < 4.78 is 2.07. The molecular weight excluding hydrogens is 386 g/mol. The molecule has 0 spiro atoms. The smallest absolute Gasteiger partial charge is 0.228 e. The number of likely N-dealkylation sites (N-methyl/N-ethyl adjacent to an activating group) is 1. The lowest BCUT2D eigenvalue weighted by atomic mass is 9.94. The Balaban J connectivity index is 2.05. The van der Waals surface area contributed by atoms with Gasteiger partial charge in [0, 0.05) is 43.7 Å². The predicted octanol–water partition coefficient (Wildman–Crippen LogP) is 3.96. The number of carbonyl (C=O) groups is 1. The summed E-state index contributed by atoms with van der Waals surface area (Å²) in [6.07, 6.45) is 0. The van der Waals surface area contributed by atoms with E-state index in [1.165, 1.54) is 0 Å². The van der Waals surface area contributed by atoms with Gasteiger partial charge in [-0.2, -0.15) is 5.10 Å². The van der Waals surface area contributed by atoms with Gasteiger partial charge in [0.05, 0.1) is 17.9 Å². The van der Waals surface area contributed by atoms with E-state index in [4.69, 9.17) is 5.10 Å². The van der Waals surface area contributed by atoms with Gasteiger partial charge in [-0.15, -0.1) is 0 Å². The molecule has 0 N–H and O–H groups in total. The Bertz CT molecular complexity index is 873. The third-order valence-electron chi connectivity index (χ3n) is 5.82. The zero-order valence-electron chi connectivity index (χ0n) is 20.4. The minimum Gasteiger partial charge on any atom is -0.354 e. The van der Waals surface area contributed by atoms with Crippen molar-refractivity contribution in [1.29, 1.82) is 0 Å². The van der Waals surface area contributed by atoms with Crippen LogP contribution in [0, 0.1) is 18.3 Å². The molecule has 2 aromatic rings. The number of amides is 1. The van der Waals surface area contributed by atoms with Crippen molar-refractivity contribution in [1.82, 2.24) is 19.6 Å². The molecule has 1 aliphatic rings. The molecule has 0 saturated carbocycles. The third kappa shape index (κ3) is 5.48. The van der Waals surface area contributed by atoms with E-state index < -0.39 is 5.41 Å². The van der Waals surface area contributed by atoms with E-state index in [9.17, 15) is 4.79 Å². The standard InChI is InChI=1S/C25H39N5O/c1-19(2)17-29(24(31)25(4,5)6)18-22-20(3)26-30(21-11-9-8-10-12-21)23(22)28-15-13-27(7)14-16-28/h8-12,19H,13-18H2,1-7H3. The fourth-order valence-electron chi connectivity index (χ4n) is 4.15. The lowest BCUT2D eigenvalue weighted by molar-refractivity contribution is -0.140. The van der Waals surface area contributed by atoms with Gasteiger partial charge < -0.3 is 14.7 Å². The van der Waals surface area contributed by atoms with Crippen LogP contribution in [-0.2, 0) is 11.3 Å². The Kier molecular flexibility index (Phi) is 7.10. The van der Waals surface area contributed by atoms with E-state index in [2.05, 4.69) is 54.4 Å². The number of nitrogens with zero attached hydrogens (tertiary/aromatic N) is 5. The number of rotatable bonds is 6. The monoisotopic (exact) mass is 425 g/mol. The molecule has 0 aliphatic carbocycles. The summed E-state index contributed by atoms with van der Waals surface area (Å²) in [4.78, 5) is 20.1. The van der Waals surface area contributed by atoms with Gasteiger partial charge in [0.25, 0.3) is 0 Å². The van der Waals surface area contributed by atoms with Crippen molar-refractivity contribution in [2.45, 2.75) is 48.1 Å². The van der Waals surface area contributed by atoms with Crippen molar-refractivity contribution in [3.8, 4) is 5.69 Å². The molecule has 31 heavy (non-hydrogen) atoms. The second-order valence-electron chi connectivity index (χ2n) is 10.3. The van der Waals surface area contributed by atoms with E-state index in [0.29, 0.717) is 12.5 Å². The van der Waals surface area contributed by atoms with Gasteiger partial charge in [-0.3, -0.25) is 4.79 Å². The van der Waals surface area contributed by atoms with E-state index in [1.54, 1.807) is 0 Å². The van der Waals surface area contributed by atoms with Crippen molar-refractivity contribution in [2.24, 2.45) is 11.3 Å². The topological polar surface area (TPSA) is 44.6 Å². The van der Waals surface area contributed by atoms with E-state index in [-0.39, 0.29) is 5.91 Å². The summed E-state index contributed by atoms with van der Waals surface area (Å²) in [7, 11) is 2.17. The molecule has 3 rings (SSSR count). The summed E-state index contributed by atoms with van der Waals surface area (Å²) in [6.45, 7) is 17.7. The number of piperazine rings is 1. The van der Waals surface area contributed by atoms with Crippen LogP contribution in [0.3, 0.4) is 0 Å². The van der Waals surface area contributed by atoms with E-state index in [0.717, 1.165) is 55.5 Å². The first-order valence-electron chi connectivity index (χ1n) is 11.4. The van der Waals surface area contributed by atoms with Crippen LogP contribution in [0.1, 0.15) is 45.9 Å². The number of aromatic nitrogens is 2. The summed E-state index contributed by atoms with van der Waals surface area (Å²) >= 11 is 0. The number of para-hydroxylation sites is 1. The zero-order chi connectivity index (χ0) is 22.8. The van der Waals surface area contributed by atoms with Crippen molar-refractivity contribution in [3.63, 3.8) is 0 Å². The maximum absolute atomic E-state index is 13.3. The van der Waals surface area contributed by atoms with Gasteiger partial charge in [-0.25, -0.2) is 4.68 Å². The Morgan fingerprint density at radius 1 is 1.10 bits per heavy atom. The first-order chi connectivity index (χ1) is 14.6. The molecule has 170 valence electrons. The summed E-state index contributed by atoms with van der Waals surface area (Å²) in [5, 5.41) is 4.95. The van der Waals surface area contributed by atoms with Gasteiger partial charge in [0.1, 0.15) is 5.82 Å². The average Bonchev–Trinajstić information content (AvgIpc) is 3.03. The van der Waals surface area contributed by atoms with Crippen LogP contribution in [0.2, 0.25) is 0 Å². The van der Waals surface area contributed by atoms with Gasteiger partial charge in [-0.1, -0.05) is 52.8 Å². The molecule has 6 heteroatoms. The SMILES string of the molecule is Cc1nn(-c2ccccc2)c(N2CCN(C)CC2)c1CN(CC(C)C)C(=O)C(C)(C)C. The first-order valence-corrected chi connectivity index (χ1v) is 11.4. The quantitative estimate of drug-likeness (QED) is 0.703. The van der Waals surface area contributed by atoms with Gasteiger partial charge in [0.15, 0.2) is 0 Å². The highest BCUT2D eigenvalue weighted by Gasteiger charge is 2.31. The second-order valence-corrected chi connectivity index (χ2v) is 10.3. The second kappa shape index (κ2) is 9.43. The highest BCUT2D eigenvalue weighted by atomic mass is 16.2. The molecule has 1 saturated heterocycles. The minimum absolute atomic E-state index is 0.192. The molecule has 1 amide bonds. The number of hydrogen-bond acceptors (Lipinski definition) is 4. The van der Waals surface area contributed by atoms with Crippen LogP contribution >= 0.6 is 0 Å². The Labute approximate surface area is 187 Å². The van der Waals surface area contributed by atoms with Gasteiger partial charge >= 0.3 is 0 Å². The molecule has 1 aromatic carbocycles. The van der Waals surface area contributed by atoms with Crippen LogP contribution in [-0.4, -0.2) is 65.3 Å². The largest absolute Gasteiger partial charge is 0.354 e. The van der Waals surface area contributed by atoms with Crippen molar-refractivity contribution in [3.05, 3.63) is 41.6 Å². The maximum Gasteiger partial charge on any atom is 0.228 e. The molecule has 0 atom stereocenters. The van der Waals surface area contributed by atoms with Crippen LogP contribution < -0.4 is 4.90 Å². The Morgan fingerprint density at radius 2 is 1.71 bits per heavy atom. The first kappa shape index (κ1) is 23.3. The van der Waals surface area contributed by atoms with Gasteiger partial charge in [0.2, 0.25) is 5.91 Å². The lowest BCUT2D eigenvalue weighted by Gasteiger charge is -2.36. The van der Waals surface area contributed by atoms with Crippen LogP contribution in [0.4, 0.5) is 5.82 Å². The van der Waals surface area contributed by atoms with Gasteiger partial charge in [-0.05, 0) is 32.0 Å². The Morgan fingerprint density at radius 3 is 2.26 bits per heavy atom. The number of aryl methyl sites for hydroxylation is 1. The van der Waals surface area contributed by atoms with Crippen molar-refractivity contribution < 1.29 is 4.79 Å². The normalized spacial score (nSPS) is 15.5. The van der Waals surface area contributed by atoms with Crippen LogP contribution in [0.25, 0.3) is 5.69 Å². The summed E-state index contributed by atoms with van der Waals surface area (Å²) in [5.41, 5.74) is 2.80. The molecule has 0 radical (unpaired) electrons. The zero-order valence-corrected chi connectivity index (χ0v) is 20.4. The predicted molar refractivity (Wildman–Crippen MR) is 128 cm³/mol. The van der Waals surface area contributed by atoms with E-state index >= 15 is 0 Å². The third-order valence-corrected chi connectivity index (χ3v) is 5.82. The molecule has 0 unspecified atom stereocenters. The van der Waals surface area contributed by atoms with Crippen LogP contribution in [0.5, 0.6) is 0 Å². The minimum atomic E-state index is -0.410. The molecule has 0 bridgehead atoms. The highest BCUT2D eigenvalue weighted by Crippen LogP contribution is 2.31. The molecule has 1 fully saturated rings. The maximum atomic E-state index is 13.3. The molecule has 1 aliphatic heterocycles. The van der Waals surface area contributed by atoms with E-state index in [1.807, 2.05) is 43.9 Å². The average molecular weight is 426 g/mol. The fourth-order valence-corrected chi connectivity index (χ4v) is 4.15. The number of benzene rings is 1. The van der Waals surface area contributed by atoms with Crippen LogP contribution in [0.15, 0.2) is 30.3 Å². The molecule has 2 heterocycles. The lowest BCUT2D eigenvalue weighted by Crippen LogP contribution is -2.46. The number of hydrogen-bond donors (Lipinski definition) is 0. The van der Waals surface area contributed by atoms with Crippen molar-refractivity contribution in [2.75, 3.05) is 44.7 Å². The van der Waals surface area contributed by atoms with Crippen molar-refractivity contribution >= 4 is 11.7 Å². The molecule has 1 aromatic heterocycles. The fraction of sp³-hybridized carbons (Fsp3) is 0.600. The Hall–Kier alpha value is -2.34. The number of anilines is 1. The number of carbonyl (C=O) groups excluding carboxylic acids is 1. The molecular formula is C25H39N5O. The highest BCUT2D eigenvalue weighted by molar-refractivity contribution is 5.81. The molecule has 6 nitrogen and oxygen atoms in total. The summed E-state index contributed by atoms with van der Waals surface area (Å²) in [6, 6.07) is 10.3. The summed E-state index contributed by atoms with van der Waals surface area (Å²) in [5.74, 6) is 1.73.